The number of rotatable bonds is 6. The molecule has 2 aromatic carbocycles. The minimum atomic E-state index is 0.619. The molecule has 0 atom stereocenters. The number of nitrogens with zero attached hydrogens (tertiary/aromatic N) is 1. The van der Waals surface area contributed by atoms with Crippen LogP contribution in [0.25, 0.3) is 5.70 Å². The second-order valence-corrected chi connectivity index (χ2v) is 6.31. The molecule has 0 aliphatic heterocycles. The Morgan fingerprint density at radius 3 is 1.72 bits per heavy atom. The highest BCUT2D eigenvalue weighted by atomic mass is 14.9. The zero-order valence-electron chi connectivity index (χ0n) is 19.8. The molecule has 0 bridgehead atoms. The molecule has 0 fully saturated rings. The molecule has 160 valence electrons. The lowest BCUT2D eigenvalue weighted by atomic mass is 10.1. The van der Waals surface area contributed by atoms with E-state index in [9.17, 15) is 0 Å². The maximum atomic E-state index is 9.05. The van der Waals surface area contributed by atoms with Crippen molar-refractivity contribution in [3.8, 4) is 6.07 Å². The quantitative estimate of drug-likeness (QED) is 0.531. The summed E-state index contributed by atoms with van der Waals surface area (Å²) in [5.74, 6) is 0. The lowest BCUT2D eigenvalue weighted by Crippen LogP contribution is -1.99. The van der Waals surface area contributed by atoms with Crippen LogP contribution in [0.15, 0.2) is 55.1 Å². The minimum Gasteiger partial charge on any atom is -0.354 e. The van der Waals surface area contributed by atoms with Crippen LogP contribution in [0.5, 0.6) is 0 Å². The van der Waals surface area contributed by atoms with Gasteiger partial charge < -0.3 is 5.32 Å². The van der Waals surface area contributed by atoms with Crippen LogP contribution in [-0.4, -0.2) is 0 Å². The van der Waals surface area contributed by atoms with Gasteiger partial charge >= 0.3 is 0 Å². The van der Waals surface area contributed by atoms with Crippen LogP contribution in [-0.2, 0) is 6.42 Å². The molecule has 2 aromatic rings. The number of nitriles is 1. The molecule has 0 aromatic heterocycles. The fraction of sp³-hybridized carbons (Fsp3) is 0.444. The van der Waals surface area contributed by atoms with Crippen LogP contribution in [0, 0.1) is 11.3 Å². The van der Waals surface area contributed by atoms with Gasteiger partial charge in [-0.3, -0.25) is 0 Å². The lowest BCUT2D eigenvalue weighted by molar-refractivity contribution is 0.886. The van der Waals surface area contributed by atoms with Crippen molar-refractivity contribution in [2.45, 2.75) is 80.6 Å². The first-order valence-electron chi connectivity index (χ1n) is 11.1. The molecule has 0 spiro atoms. The third-order valence-electron chi connectivity index (χ3n) is 4.04. The van der Waals surface area contributed by atoms with Gasteiger partial charge in [0.25, 0.3) is 0 Å². The molecule has 29 heavy (non-hydrogen) atoms. The van der Waals surface area contributed by atoms with Crippen molar-refractivity contribution in [3.05, 3.63) is 71.8 Å². The van der Waals surface area contributed by atoms with E-state index in [2.05, 4.69) is 64.7 Å². The fourth-order valence-corrected chi connectivity index (χ4v) is 1.87. The van der Waals surface area contributed by atoms with Crippen molar-refractivity contribution >= 4 is 11.4 Å². The number of aryl methyl sites for hydroxylation is 1. The van der Waals surface area contributed by atoms with Crippen LogP contribution >= 0.6 is 0 Å². The van der Waals surface area contributed by atoms with Crippen LogP contribution in [0.3, 0.4) is 0 Å². The van der Waals surface area contributed by atoms with E-state index < -0.39 is 0 Å². The van der Waals surface area contributed by atoms with Crippen LogP contribution < -0.4 is 5.32 Å². The standard InChI is InChI=1S/C17H16N2.2C4H10.C2H6/c1-3-14-8-10-15(11-9-14)13(2)19-17-7-5-4-6-16(17)12-18;2*1-3-4-2;1-2/h4-11,19H,2-3H2,1H3;2*3-4H2,1-2H3;1-2H3. The first-order chi connectivity index (χ1) is 14.1. The monoisotopic (exact) mass is 394 g/mol. The summed E-state index contributed by atoms with van der Waals surface area (Å²) in [5.41, 5.74) is 4.53. The summed E-state index contributed by atoms with van der Waals surface area (Å²) in [5, 5.41) is 12.2. The summed E-state index contributed by atoms with van der Waals surface area (Å²) in [7, 11) is 0. The number of hydrogen-bond donors (Lipinski definition) is 1. The Balaban J connectivity index is 0. The topological polar surface area (TPSA) is 35.8 Å². The second-order valence-electron chi connectivity index (χ2n) is 6.31. The van der Waals surface area contributed by atoms with Gasteiger partial charge in [-0.25, -0.2) is 0 Å². The van der Waals surface area contributed by atoms with E-state index in [1.165, 1.54) is 31.2 Å². The summed E-state index contributed by atoms with van der Waals surface area (Å²) in [6, 6.07) is 17.9. The second kappa shape index (κ2) is 20.2. The van der Waals surface area contributed by atoms with Crippen molar-refractivity contribution in [2.24, 2.45) is 0 Å². The maximum Gasteiger partial charge on any atom is 0.101 e. The number of para-hydroxylation sites is 1. The molecule has 0 heterocycles. The molecule has 1 N–H and O–H groups in total. The molecule has 0 unspecified atom stereocenters. The molecular weight excluding hydrogens is 352 g/mol. The molecule has 2 rings (SSSR count). The normalized spacial score (nSPS) is 8.62. The van der Waals surface area contributed by atoms with Gasteiger partial charge in [0.1, 0.15) is 6.07 Å². The van der Waals surface area contributed by atoms with Gasteiger partial charge in [0.2, 0.25) is 0 Å². The minimum absolute atomic E-state index is 0.619. The number of hydrogen-bond acceptors (Lipinski definition) is 2. The van der Waals surface area contributed by atoms with E-state index >= 15 is 0 Å². The van der Waals surface area contributed by atoms with Gasteiger partial charge in [-0.2, -0.15) is 5.26 Å². The Hall–Kier alpha value is -2.53. The van der Waals surface area contributed by atoms with E-state index in [0.29, 0.717) is 5.56 Å². The van der Waals surface area contributed by atoms with Crippen molar-refractivity contribution in [2.75, 3.05) is 5.32 Å². The first-order valence-corrected chi connectivity index (χ1v) is 11.1. The van der Waals surface area contributed by atoms with E-state index in [1.54, 1.807) is 6.07 Å². The number of unbranched alkanes of at least 4 members (excludes halogenated alkanes) is 2. The van der Waals surface area contributed by atoms with E-state index in [-0.39, 0.29) is 0 Å². The van der Waals surface area contributed by atoms with Gasteiger partial charge in [0.05, 0.1) is 11.3 Å². The highest BCUT2D eigenvalue weighted by Crippen LogP contribution is 2.20. The average Bonchev–Trinajstić information content (AvgIpc) is 2.81. The number of nitrogens with one attached hydrogen (secondary N) is 1. The highest BCUT2D eigenvalue weighted by Gasteiger charge is 2.03. The van der Waals surface area contributed by atoms with E-state index in [1.807, 2.05) is 44.2 Å². The Kier molecular flexibility index (Phi) is 20.0. The van der Waals surface area contributed by atoms with Crippen molar-refractivity contribution < 1.29 is 0 Å². The smallest absolute Gasteiger partial charge is 0.101 e. The largest absolute Gasteiger partial charge is 0.354 e. The van der Waals surface area contributed by atoms with Gasteiger partial charge in [0, 0.05) is 5.70 Å². The Bertz CT molecular complexity index is 670. The molecule has 0 saturated heterocycles. The third kappa shape index (κ3) is 13.3. The van der Waals surface area contributed by atoms with Crippen LogP contribution in [0.4, 0.5) is 5.69 Å². The summed E-state index contributed by atoms with van der Waals surface area (Å²) in [6.07, 6.45) is 6.30. The molecule has 0 aliphatic carbocycles. The molecule has 2 nitrogen and oxygen atoms in total. The lowest BCUT2D eigenvalue weighted by Gasteiger charge is -2.11. The first kappa shape index (κ1) is 28.7. The van der Waals surface area contributed by atoms with Gasteiger partial charge in [0.15, 0.2) is 0 Å². The summed E-state index contributed by atoms with van der Waals surface area (Å²) < 4.78 is 0. The van der Waals surface area contributed by atoms with Gasteiger partial charge in [-0.15, -0.1) is 0 Å². The Labute approximate surface area is 180 Å². The summed E-state index contributed by atoms with van der Waals surface area (Å²) in [4.78, 5) is 0. The number of anilines is 1. The van der Waals surface area contributed by atoms with E-state index in [0.717, 1.165) is 23.4 Å². The van der Waals surface area contributed by atoms with Crippen LogP contribution in [0.1, 0.15) is 90.8 Å². The fourth-order valence-electron chi connectivity index (χ4n) is 1.87. The van der Waals surface area contributed by atoms with Crippen molar-refractivity contribution in [1.82, 2.24) is 0 Å². The van der Waals surface area contributed by atoms with Crippen LogP contribution in [0.2, 0.25) is 0 Å². The maximum absolute atomic E-state index is 9.05. The predicted molar refractivity (Wildman–Crippen MR) is 132 cm³/mol. The molecular formula is C27H42N2. The summed E-state index contributed by atoms with van der Waals surface area (Å²) >= 11 is 0. The average molecular weight is 395 g/mol. The molecule has 0 saturated carbocycles. The van der Waals surface area contributed by atoms with Gasteiger partial charge in [-0.1, -0.05) is 117 Å². The zero-order chi connectivity index (χ0) is 22.5. The van der Waals surface area contributed by atoms with Crippen molar-refractivity contribution in [3.63, 3.8) is 0 Å². The number of benzene rings is 2. The highest BCUT2D eigenvalue weighted by molar-refractivity contribution is 5.77. The predicted octanol–water partition coefficient (Wildman–Crippen LogP) is 8.84. The Morgan fingerprint density at radius 1 is 0.828 bits per heavy atom. The van der Waals surface area contributed by atoms with E-state index in [4.69, 9.17) is 5.26 Å². The molecule has 0 aliphatic rings. The molecule has 0 amide bonds. The summed E-state index contributed by atoms with van der Waals surface area (Å²) in [6.45, 7) is 18.9. The Morgan fingerprint density at radius 2 is 1.31 bits per heavy atom. The van der Waals surface area contributed by atoms with Crippen molar-refractivity contribution in [1.29, 1.82) is 5.26 Å². The zero-order valence-corrected chi connectivity index (χ0v) is 19.8. The molecule has 2 heteroatoms. The SMILES string of the molecule is C=C(Nc1ccccc1C#N)c1ccc(CC)cc1.CC.CCCC.CCCC. The molecule has 0 radical (unpaired) electrons. The third-order valence-corrected chi connectivity index (χ3v) is 4.04. The van der Waals surface area contributed by atoms with Gasteiger partial charge in [-0.05, 0) is 29.7 Å².